The van der Waals surface area contributed by atoms with Crippen LogP contribution in [0.1, 0.15) is 12.0 Å². The molecule has 114 valence electrons. The third kappa shape index (κ3) is 3.51. The van der Waals surface area contributed by atoms with E-state index in [-0.39, 0.29) is 36.0 Å². The van der Waals surface area contributed by atoms with Gasteiger partial charge in [-0.2, -0.15) is 0 Å². The fourth-order valence-corrected chi connectivity index (χ4v) is 3.83. The molecule has 0 aliphatic carbocycles. The highest BCUT2D eigenvalue weighted by atomic mass is 35.7. The standard InChI is InChI=1S/C12H13ClN2O5S/c1-8-3-2-4-10(12(8)15(17)18)14-6-9(5-11(14)16)7-21(13,19)20/h2-4,9H,5-7H2,1H3. The first-order chi connectivity index (χ1) is 9.69. The van der Waals surface area contributed by atoms with Crippen molar-refractivity contribution in [3.8, 4) is 0 Å². The smallest absolute Gasteiger partial charge is 0.295 e. The number of hydrogen-bond acceptors (Lipinski definition) is 5. The number of halogens is 1. The highest BCUT2D eigenvalue weighted by molar-refractivity contribution is 8.13. The number of nitrogens with zero attached hydrogens (tertiary/aromatic N) is 2. The molecule has 0 N–H and O–H groups in total. The molecule has 1 saturated heterocycles. The summed E-state index contributed by atoms with van der Waals surface area (Å²) >= 11 is 0. The van der Waals surface area contributed by atoms with E-state index in [0.29, 0.717) is 5.56 Å². The maximum absolute atomic E-state index is 12.0. The fraction of sp³-hybridized carbons (Fsp3) is 0.417. The molecule has 1 amide bonds. The van der Waals surface area contributed by atoms with Crippen LogP contribution in [0.5, 0.6) is 0 Å². The molecule has 0 aromatic heterocycles. The summed E-state index contributed by atoms with van der Waals surface area (Å²) in [6.07, 6.45) is 0.0110. The zero-order chi connectivity index (χ0) is 15.8. The lowest BCUT2D eigenvalue weighted by Gasteiger charge is -2.17. The number of carbonyl (C=O) groups is 1. The van der Waals surface area contributed by atoms with Gasteiger partial charge < -0.3 is 4.90 Å². The number of hydrogen-bond donors (Lipinski definition) is 0. The van der Waals surface area contributed by atoms with Gasteiger partial charge >= 0.3 is 0 Å². The van der Waals surface area contributed by atoms with E-state index in [1.807, 2.05) is 0 Å². The first-order valence-corrected chi connectivity index (χ1v) is 8.63. The number of carbonyl (C=O) groups excluding carboxylic acids is 1. The van der Waals surface area contributed by atoms with Gasteiger partial charge in [0.1, 0.15) is 5.69 Å². The lowest BCUT2D eigenvalue weighted by molar-refractivity contribution is -0.384. The van der Waals surface area contributed by atoms with Crippen LogP contribution in [0.15, 0.2) is 18.2 Å². The predicted octanol–water partition coefficient (Wildman–Crippen LogP) is 1.82. The van der Waals surface area contributed by atoms with Crippen molar-refractivity contribution in [1.29, 1.82) is 0 Å². The van der Waals surface area contributed by atoms with Crippen molar-refractivity contribution in [3.63, 3.8) is 0 Å². The highest BCUT2D eigenvalue weighted by Crippen LogP contribution is 2.35. The molecule has 1 aliphatic heterocycles. The zero-order valence-electron chi connectivity index (χ0n) is 11.2. The molecule has 0 bridgehead atoms. The van der Waals surface area contributed by atoms with Crippen LogP contribution in [0.3, 0.4) is 0 Å². The van der Waals surface area contributed by atoms with Crippen LogP contribution < -0.4 is 4.90 Å². The second-order valence-electron chi connectivity index (χ2n) is 4.98. The molecule has 1 unspecified atom stereocenters. The zero-order valence-corrected chi connectivity index (χ0v) is 12.7. The molecule has 9 heteroatoms. The van der Waals surface area contributed by atoms with Crippen molar-refractivity contribution in [1.82, 2.24) is 0 Å². The summed E-state index contributed by atoms with van der Waals surface area (Å²) in [6, 6.07) is 4.69. The largest absolute Gasteiger partial charge is 0.306 e. The fourth-order valence-electron chi connectivity index (χ4n) is 2.51. The molecule has 21 heavy (non-hydrogen) atoms. The average molecular weight is 333 g/mol. The number of benzene rings is 1. The normalized spacial score (nSPS) is 19.0. The van der Waals surface area contributed by atoms with Gasteiger partial charge in [0, 0.05) is 35.1 Å². The van der Waals surface area contributed by atoms with E-state index in [1.165, 1.54) is 11.0 Å². The summed E-state index contributed by atoms with van der Waals surface area (Å²) in [4.78, 5) is 23.9. The molecule has 0 saturated carbocycles. The first-order valence-electron chi connectivity index (χ1n) is 6.15. The number of para-hydroxylation sites is 1. The number of nitro benzene ring substituents is 1. The van der Waals surface area contributed by atoms with Gasteiger partial charge in [0.05, 0.1) is 10.7 Å². The number of anilines is 1. The highest BCUT2D eigenvalue weighted by Gasteiger charge is 2.36. The predicted molar refractivity (Wildman–Crippen MR) is 77.9 cm³/mol. The Bertz CT molecular complexity index is 704. The quantitative estimate of drug-likeness (QED) is 0.476. The number of amides is 1. The molecule has 1 aliphatic rings. The van der Waals surface area contributed by atoms with Crippen LogP contribution in [0.2, 0.25) is 0 Å². The van der Waals surface area contributed by atoms with Crippen LogP contribution in [-0.2, 0) is 13.8 Å². The minimum atomic E-state index is -3.71. The summed E-state index contributed by atoms with van der Waals surface area (Å²) in [7, 11) is 1.48. The SMILES string of the molecule is Cc1cccc(N2CC(CS(=O)(=O)Cl)CC2=O)c1[N+](=O)[O-]. The van der Waals surface area contributed by atoms with Gasteiger partial charge in [-0.15, -0.1) is 0 Å². The van der Waals surface area contributed by atoms with Crippen LogP contribution in [0.4, 0.5) is 11.4 Å². The molecule has 1 aromatic carbocycles. The Morgan fingerprint density at radius 3 is 2.71 bits per heavy atom. The topological polar surface area (TPSA) is 97.6 Å². The second-order valence-corrected chi connectivity index (χ2v) is 7.80. The van der Waals surface area contributed by atoms with Crippen LogP contribution in [0, 0.1) is 23.0 Å². The molecule has 0 spiro atoms. The minimum Gasteiger partial charge on any atom is -0.306 e. The van der Waals surface area contributed by atoms with Gasteiger partial charge in [-0.1, -0.05) is 12.1 Å². The summed E-state index contributed by atoms with van der Waals surface area (Å²) in [5.74, 6) is -1.12. The van der Waals surface area contributed by atoms with Crippen molar-refractivity contribution in [2.24, 2.45) is 5.92 Å². The maximum Gasteiger partial charge on any atom is 0.295 e. The average Bonchev–Trinajstić information content (AvgIpc) is 2.66. The summed E-state index contributed by atoms with van der Waals surface area (Å²) in [5.41, 5.74) is 0.499. The van der Waals surface area contributed by atoms with Crippen molar-refractivity contribution >= 4 is 37.0 Å². The van der Waals surface area contributed by atoms with Crippen LogP contribution >= 0.6 is 10.7 Å². The van der Waals surface area contributed by atoms with Crippen molar-refractivity contribution in [2.75, 3.05) is 17.2 Å². The van der Waals surface area contributed by atoms with Gasteiger partial charge in [0.2, 0.25) is 15.0 Å². The monoisotopic (exact) mass is 332 g/mol. The van der Waals surface area contributed by atoms with Gasteiger partial charge in [-0.05, 0) is 13.0 Å². The van der Waals surface area contributed by atoms with Crippen LogP contribution in [-0.4, -0.2) is 31.5 Å². The summed E-state index contributed by atoms with van der Waals surface area (Å²) in [5, 5.41) is 11.2. The molecule has 1 aromatic rings. The third-order valence-electron chi connectivity index (χ3n) is 3.33. The molecule has 1 heterocycles. The molecule has 7 nitrogen and oxygen atoms in total. The van der Waals surface area contributed by atoms with E-state index in [0.717, 1.165) is 0 Å². The Balaban J connectivity index is 2.34. The maximum atomic E-state index is 12.0. The molecular formula is C12H13ClN2O5S. The van der Waals surface area contributed by atoms with Crippen LogP contribution in [0.25, 0.3) is 0 Å². The van der Waals surface area contributed by atoms with Crippen molar-refractivity contribution in [3.05, 3.63) is 33.9 Å². The van der Waals surface area contributed by atoms with E-state index in [1.54, 1.807) is 19.1 Å². The van der Waals surface area contributed by atoms with E-state index in [4.69, 9.17) is 10.7 Å². The Hall–Kier alpha value is -1.67. The minimum absolute atomic E-state index is 0.0110. The van der Waals surface area contributed by atoms with E-state index < -0.39 is 19.9 Å². The van der Waals surface area contributed by atoms with Crippen molar-refractivity contribution < 1.29 is 18.1 Å². The lowest BCUT2D eigenvalue weighted by Crippen LogP contribution is -2.26. The molecule has 1 atom stereocenters. The molecule has 0 radical (unpaired) electrons. The summed E-state index contributed by atoms with van der Waals surface area (Å²) < 4.78 is 22.2. The number of nitro groups is 1. The van der Waals surface area contributed by atoms with E-state index in [2.05, 4.69) is 0 Å². The Morgan fingerprint density at radius 2 is 2.14 bits per heavy atom. The van der Waals surface area contributed by atoms with Gasteiger partial charge in [0.25, 0.3) is 5.69 Å². The summed E-state index contributed by atoms with van der Waals surface area (Å²) in [6.45, 7) is 1.69. The van der Waals surface area contributed by atoms with Crippen molar-refractivity contribution in [2.45, 2.75) is 13.3 Å². The Labute approximate surface area is 126 Å². The van der Waals surface area contributed by atoms with Gasteiger partial charge in [0.15, 0.2) is 0 Å². The van der Waals surface area contributed by atoms with Gasteiger partial charge in [-0.3, -0.25) is 14.9 Å². The molecular weight excluding hydrogens is 320 g/mol. The van der Waals surface area contributed by atoms with Gasteiger partial charge in [-0.25, -0.2) is 8.42 Å². The Kier molecular flexibility index (Phi) is 4.20. The number of rotatable bonds is 4. The lowest BCUT2D eigenvalue weighted by atomic mass is 10.1. The molecule has 1 fully saturated rings. The van der Waals surface area contributed by atoms with E-state index in [9.17, 15) is 23.3 Å². The second kappa shape index (κ2) is 5.61. The Morgan fingerprint density at radius 1 is 1.48 bits per heavy atom. The first kappa shape index (κ1) is 15.7. The third-order valence-corrected chi connectivity index (χ3v) is 4.58. The molecule has 2 rings (SSSR count). The van der Waals surface area contributed by atoms with E-state index >= 15 is 0 Å². The number of aryl methyl sites for hydroxylation is 1.